The number of nitro benzene ring substituents is 1. The molecule has 0 heterocycles. The molecule has 0 saturated heterocycles. The average molecular weight is 421 g/mol. The van der Waals surface area contributed by atoms with Crippen molar-refractivity contribution in [1.29, 1.82) is 0 Å². The highest BCUT2D eigenvalue weighted by molar-refractivity contribution is 7.86. The Balaban J connectivity index is 2.38. The highest BCUT2D eigenvalue weighted by Crippen LogP contribution is 2.22. The summed E-state index contributed by atoms with van der Waals surface area (Å²) in [6.45, 7) is 4.67. The fourth-order valence-corrected chi connectivity index (χ4v) is 3.22. The SMILES string of the molecule is CC(C)(C)OC(=O)C(OS(=O)(=O)c1ccc([N+](=O)[O-])cc1)C(=O)c1ccccc1. The lowest BCUT2D eigenvalue weighted by Crippen LogP contribution is -2.40. The topological polar surface area (TPSA) is 130 Å². The third-order valence-corrected chi connectivity index (χ3v) is 4.77. The molecular formula is C19H19NO8S. The standard InChI is InChI=1S/C19H19NO8S/c1-19(2,3)27-18(22)17(16(21)13-7-5-4-6-8-13)28-29(25,26)15-11-9-14(10-12-15)20(23)24/h4-12,17H,1-3H3. The smallest absolute Gasteiger partial charge is 0.345 e. The summed E-state index contributed by atoms with van der Waals surface area (Å²) >= 11 is 0. The first-order valence-corrected chi connectivity index (χ1v) is 9.81. The van der Waals surface area contributed by atoms with Gasteiger partial charge >= 0.3 is 5.97 Å². The lowest BCUT2D eigenvalue weighted by molar-refractivity contribution is -0.384. The predicted octanol–water partition coefficient (Wildman–Crippen LogP) is 2.89. The van der Waals surface area contributed by atoms with Gasteiger partial charge in [-0.2, -0.15) is 8.42 Å². The van der Waals surface area contributed by atoms with Gasteiger partial charge in [0, 0.05) is 17.7 Å². The lowest BCUT2D eigenvalue weighted by Gasteiger charge is -2.23. The van der Waals surface area contributed by atoms with Crippen LogP contribution in [-0.2, 0) is 23.8 Å². The quantitative estimate of drug-likeness (QED) is 0.167. The Hall–Kier alpha value is -3.11. The fourth-order valence-electron chi connectivity index (χ4n) is 2.22. The van der Waals surface area contributed by atoms with E-state index in [4.69, 9.17) is 8.92 Å². The minimum Gasteiger partial charge on any atom is -0.458 e. The molecule has 0 aromatic heterocycles. The van der Waals surface area contributed by atoms with Gasteiger partial charge in [-0.1, -0.05) is 30.3 Å². The van der Waals surface area contributed by atoms with Crippen molar-refractivity contribution in [2.24, 2.45) is 0 Å². The van der Waals surface area contributed by atoms with Crippen LogP contribution in [-0.4, -0.2) is 36.8 Å². The molecular weight excluding hydrogens is 402 g/mol. The number of ketones is 1. The summed E-state index contributed by atoms with van der Waals surface area (Å²) in [5.74, 6) is -2.07. The van der Waals surface area contributed by atoms with Crippen LogP contribution in [0.25, 0.3) is 0 Å². The first-order valence-electron chi connectivity index (χ1n) is 8.40. The van der Waals surface area contributed by atoms with Gasteiger partial charge in [-0.25, -0.2) is 8.98 Å². The van der Waals surface area contributed by atoms with E-state index in [9.17, 15) is 28.1 Å². The Kier molecular flexibility index (Phi) is 6.50. The van der Waals surface area contributed by atoms with E-state index in [1.807, 2.05) is 0 Å². The van der Waals surface area contributed by atoms with E-state index >= 15 is 0 Å². The van der Waals surface area contributed by atoms with E-state index in [0.717, 1.165) is 24.3 Å². The molecule has 1 unspecified atom stereocenters. The number of non-ortho nitro benzene ring substituents is 1. The maximum absolute atomic E-state index is 12.7. The Labute approximate surface area is 167 Å². The minimum atomic E-state index is -4.60. The van der Waals surface area contributed by atoms with Crippen LogP contribution in [0.5, 0.6) is 0 Å². The molecule has 0 aliphatic rings. The maximum atomic E-state index is 12.7. The summed E-state index contributed by atoms with van der Waals surface area (Å²) < 4.78 is 35.2. The van der Waals surface area contributed by atoms with Gasteiger partial charge in [0.15, 0.2) is 0 Å². The van der Waals surface area contributed by atoms with Crippen LogP contribution < -0.4 is 0 Å². The third-order valence-electron chi connectivity index (χ3n) is 3.48. The number of ether oxygens (including phenoxy) is 1. The first-order chi connectivity index (χ1) is 13.4. The van der Waals surface area contributed by atoms with Crippen LogP contribution >= 0.6 is 0 Å². The Morgan fingerprint density at radius 3 is 2.03 bits per heavy atom. The number of hydrogen-bond acceptors (Lipinski definition) is 8. The monoisotopic (exact) mass is 421 g/mol. The van der Waals surface area contributed by atoms with Crippen LogP contribution in [0.3, 0.4) is 0 Å². The fraction of sp³-hybridized carbons (Fsp3) is 0.263. The normalized spacial score (nSPS) is 12.8. The molecule has 0 aliphatic heterocycles. The number of carbonyl (C=O) groups excluding carboxylic acids is 2. The van der Waals surface area contributed by atoms with E-state index in [0.29, 0.717) is 0 Å². The molecule has 0 fully saturated rings. The molecule has 0 amide bonds. The van der Waals surface area contributed by atoms with E-state index in [-0.39, 0.29) is 11.3 Å². The Bertz CT molecular complexity index is 1010. The van der Waals surface area contributed by atoms with Gasteiger partial charge in [0.25, 0.3) is 15.8 Å². The van der Waals surface area contributed by atoms with Crippen molar-refractivity contribution >= 4 is 27.6 Å². The second-order valence-electron chi connectivity index (χ2n) is 6.95. The zero-order valence-electron chi connectivity index (χ0n) is 15.9. The van der Waals surface area contributed by atoms with Gasteiger partial charge in [-0.05, 0) is 32.9 Å². The molecule has 10 heteroatoms. The summed E-state index contributed by atoms with van der Waals surface area (Å²) in [6, 6.07) is 11.4. The number of benzene rings is 2. The van der Waals surface area contributed by atoms with Gasteiger partial charge in [0.05, 0.1) is 9.82 Å². The second-order valence-corrected chi connectivity index (χ2v) is 8.52. The Morgan fingerprint density at radius 1 is 1.00 bits per heavy atom. The summed E-state index contributed by atoms with van der Waals surface area (Å²) in [4.78, 5) is 34.8. The zero-order valence-corrected chi connectivity index (χ0v) is 16.7. The van der Waals surface area contributed by atoms with Crippen LogP contribution in [0.1, 0.15) is 31.1 Å². The highest BCUT2D eigenvalue weighted by Gasteiger charge is 2.37. The van der Waals surface area contributed by atoms with Crippen LogP contribution in [0, 0.1) is 10.1 Å². The largest absolute Gasteiger partial charge is 0.458 e. The number of esters is 1. The van der Waals surface area contributed by atoms with E-state index in [2.05, 4.69) is 0 Å². The van der Waals surface area contributed by atoms with Gasteiger partial charge in [-0.15, -0.1) is 0 Å². The van der Waals surface area contributed by atoms with Gasteiger partial charge < -0.3 is 4.74 Å². The van der Waals surface area contributed by atoms with Gasteiger partial charge in [0.1, 0.15) is 5.60 Å². The molecule has 2 aromatic carbocycles. The Morgan fingerprint density at radius 2 is 1.55 bits per heavy atom. The van der Waals surface area contributed by atoms with E-state index < -0.39 is 43.4 Å². The molecule has 0 spiro atoms. The van der Waals surface area contributed by atoms with Crippen molar-refractivity contribution in [3.8, 4) is 0 Å². The van der Waals surface area contributed by atoms with Crippen molar-refractivity contribution in [2.45, 2.75) is 37.4 Å². The number of nitrogens with zero attached hydrogens (tertiary/aromatic N) is 1. The zero-order chi connectivity index (χ0) is 21.8. The summed E-state index contributed by atoms with van der Waals surface area (Å²) in [5.41, 5.74) is -1.26. The van der Waals surface area contributed by atoms with Crippen LogP contribution in [0.2, 0.25) is 0 Å². The number of carbonyl (C=O) groups is 2. The van der Waals surface area contributed by atoms with Crippen molar-refractivity contribution in [2.75, 3.05) is 0 Å². The molecule has 0 N–H and O–H groups in total. The van der Waals surface area contributed by atoms with Crippen molar-refractivity contribution < 1.29 is 31.9 Å². The molecule has 1 atom stereocenters. The molecule has 0 radical (unpaired) electrons. The number of rotatable bonds is 7. The van der Waals surface area contributed by atoms with E-state index in [1.165, 1.54) is 12.1 Å². The molecule has 29 heavy (non-hydrogen) atoms. The number of nitro groups is 1. The molecule has 9 nitrogen and oxygen atoms in total. The summed E-state index contributed by atoms with van der Waals surface area (Å²) in [7, 11) is -4.60. The second kappa shape index (κ2) is 8.50. The molecule has 154 valence electrons. The average Bonchev–Trinajstić information content (AvgIpc) is 2.65. The number of hydrogen-bond donors (Lipinski definition) is 0. The molecule has 2 rings (SSSR count). The molecule has 0 bridgehead atoms. The van der Waals surface area contributed by atoms with Crippen LogP contribution in [0.15, 0.2) is 59.5 Å². The summed E-state index contributed by atoms with van der Waals surface area (Å²) in [5, 5.41) is 10.7. The lowest BCUT2D eigenvalue weighted by atomic mass is 10.1. The van der Waals surface area contributed by atoms with Crippen LogP contribution in [0.4, 0.5) is 5.69 Å². The van der Waals surface area contributed by atoms with Crippen molar-refractivity contribution in [3.63, 3.8) is 0 Å². The van der Waals surface area contributed by atoms with Gasteiger partial charge in [-0.3, -0.25) is 14.9 Å². The highest BCUT2D eigenvalue weighted by atomic mass is 32.2. The van der Waals surface area contributed by atoms with Crippen molar-refractivity contribution in [3.05, 3.63) is 70.3 Å². The first kappa shape index (κ1) is 22.2. The predicted molar refractivity (Wildman–Crippen MR) is 102 cm³/mol. The van der Waals surface area contributed by atoms with Gasteiger partial charge in [0.2, 0.25) is 11.9 Å². The molecule has 0 saturated carbocycles. The van der Waals surface area contributed by atoms with E-state index in [1.54, 1.807) is 39.0 Å². The van der Waals surface area contributed by atoms with Crippen molar-refractivity contribution in [1.82, 2.24) is 0 Å². The maximum Gasteiger partial charge on any atom is 0.345 e. The minimum absolute atomic E-state index is 0.0576. The third kappa shape index (κ3) is 5.93. The summed E-state index contributed by atoms with van der Waals surface area (Å²) in [6.07, 6.45) is -2.07. The molecule has 0 aliphatic carbocycles. The molecule has 2 aromatic rings. The number of Topliss-reactive ketones (excluding diaryl/α,β-unsaturated/α-hetero) is 1.